The third kappa shape index (κ3) is 3.99. The Bertz CT molecular complexity index is 1230. The number of hydrogen-bond acceptors (Lipinski definition) is 4. The lowest BCUT2D eigenvalue weighted by Gasteiger charge is -2.15. The minimum atomic E-state index is -0.596. The summed E-state index contributed by atoms with van der Waals surface area (Å²) >= 11 is 13.4. The second-order valence-corrected chi connectivity index (χ2v) is 8.97. The van der Waals surface area contributed by atoms with Crippen molar-refractivity contribution in [3.05, 3.63) is 59.5 Å². The van der Waals surface area contributed by atoms with Crippen molar-refractivity contribution in [2.45, 2.75) is 46.7 Å². The minimum absolute atomic E-state index is 0.0125. The first-order valence-electron chi connectivity index (χ1n) is 9.16. The van der Waals surface area contributed by atoms with Crippen LogP contribution >= 0.6 is 34.5 Å². The lowest BCUT2D eigenvalue weighted by molar-refractivity contribution is -0.122. The number of rotatable bonds is 5. The van der Waals surface area contributed by atoms with E-state index in [9.17, 15) is 14.4 Å². The first-order valence-corrected chi connectivity index (χ1v) is 10.7. The molecular formula is C20H21Cl2N3O3S. The van der Waals surface area contributed by atoms with Gasteiger partial charge in [0.15, 0.2) is 0 Å². The zero-order valence-electron chi connectivity index (χ0n) is 16.5. The summed E-state index contributed by atoms with van der Waals surface area (Å²) in [6.45, 7) is 7.40. The van der Waals surface area contributed by atoms with Gasteiger partial charge in [-0.05, 0) is 51.0 Å². The predicted molar refractivity (Wildman–Crippen MR) is 119 cm³/mol. The molecule has 2 aromatic heterocycles. The summed E-state index contributed by atoms with van der Waals surface area (Å²) in [4.78, 5) is 40.4. The predicted octanol–water partition coefficient (Wildman–Crippen LogP) is 4.05. The van der Waals surface area contributed by atoms with Crippen LogP contribution in [0.3, 0.4) is 0 Å². The zero-order chi connectivity index (χ0) is 21.5. The van der Waals surface area contributed by atoms with Crippen LogP contribution in [0.2, 0.25) is 10.0 Å². The molecule has 0 bridgehead atoms. The molecule has 0 saturated heterocycles. The second kappa shape index (κ2) is 8.34. The number of carbonyl (C=O) groups excluding carboxylic acids is 1. The highest BCUT2D eigenvalue weighted by molar-refractivity contribution is 7.18. The van der Waals surface area contributed by atoms with Crippen molar-refractivity contribution in [3.63, 3.8) is 0 Å². The summed E-state index contributed by atoms with van der Waals surface area (Å²) in [6.07, 6.45) is 0.774. The maximum absolute atomic E-state index is 13.3. The Balaban J connectivity index is 2.29. The van der Waals surface area contributed by atoms with Crippen LogP contribution in [-0.2, 0) is 11.3 Å². The monoisotopic (exact) mass is 453 g/mol. The molecule has 0 saturated carbocycles. The molecule has 154 valence electrons. The first-order chi connectivity index (χ1) is 13.6. The van der Waals surface area contributed by atoms with E-state index >= 15 is 0 Å². The van der Waals surface area contributed by atoms with Crippen molar-refractivity contribution in [2.24, 2.45) is 0 Å². The number of nitrogens with zero attached hydrogens (tertiary/aromatic N) is 2. The van der Waals surface area contributed by atoms with Gasteiger partial charge >= 0.3 is 5.69 Å². The van der Waals surface area contributed by atoms with Crippen LogP contribution in [0.4, 0.5) is 0 Å². The van der Waals surface area contributed by atoms with Gasteiger partial charge in [0.2, 0.25) is 5.91 Å². The summed E-state index contributed by atoms with van der Waals surface area (Å²) < 4.78 is 2.39. The molecular weight excluding hydrogens is 433 g/mol. The number of amides is 1. The molecule has 0 radical (unpaired) electrons. The number of halogens is 2. The van der Waals surface area contributed by atoms with Gasteiger partial charge in [0.1, 0.15) is 11.4 Å². The highest BCUT2D eigenvalue weighted by atomic mass is 35.5. The standard InChI is InChI=1S/C20H21Cl2N3O3S/c1-5-10(2)23-16(26)9-24-19-17(11(3)12(4)29-19)18(27)25(20(24)28)13-6-7-14(21)15(22)8-13/h6-8,10H,5,9H2,1-4H3,(H,23,26). The normalized spacial score (nSPS) is 12.3. The Morgan fingerprint density at radius 2 is 1.90 bits per heavy atom. The van der Waals surface area contributed by atoms with Crippen molar-refractivity contribution in [1.82, 2.24) is 14.5 Å². The van der Waals surface area contributed by atoms with Crippen molar-refractivity contribution in [3.8, 4) is 5.69 Å². The highest BCUT2D eigenvalue weighted by Crippen LogP contribution is 2.28. The number of thiophene rings is 1. The number of benzene rings is 1. The zero-order valence-corrected chi connectivity index (χ0v) is 18.8. The Hall–Kier alpha value is -2.09. The number of fused-ring (bicyclic) bond motifs is 1. The van der Waals surface area contributed by atoms with Crippen LogP contribution < -0.4 is 16.6 Å². The number of aryl methyl sites for hydroxylation is 2. The molecule has 3 rings (SSSR count). The Kier molecular flexibility index (Phi) is 6.22. The molecule has 0 spiro atoms. The molecule has 6 nitrogen and oxygen atoms in total. The number of carbonyl (C=O) groups is 1. The fourth-order valence-electron chi connectivity index (χ4n) is 3.01. The molecule has 1 unspecified atom stereocenters. The van der Waals surface area contributed by atoms with Gasteiger partial charge in [0.05, 0.1) is 21.1 Å². The van der Waals surface area contributed by atoms with Crippen LogP contribution in [0.1, 0.15) is 30.7 Å². The topological polar surface area (TPSA) is 73.1 Å². The van der Waals surface area contributed by atoms with Gasteiger partial charge in [-0.2, -0.15) is 0 Å². The smallest absolute Gasteiger partial charge is 0.337 e. The van der Waals surface area contributed by atoms with Gasteiger partial charge in [-0.1, -0.05) is 30.1 Å². The molecule has 9 heteroatoms. The van der Waals surface area contributed by atoms with Crippen LogP contribution in [-0.4, -0.2) is 21.1 Å². The maximum Gasteiger partial charge on any atom is 0.337 e. The van der Waals surface area contributed by atoms with E-state index in [1.807, 2.05) is 27.7 Å². The van der Waals surface area contributed by atoms with E-state index in [-0.39, 0.29) is 23.5 Å². The second-order valence-electron chi connectivity index (χ2n) is 6.95. The van der Waals surface area contributed by atoms with Crippen molar-refractivity contribution < 1.29 is 4.79 Å². The third-order valence-electron chi connectivity index (χ3n) is 4.93. The Morgan fingerprint density at radius 1 is 1.21 bits per heavy atom. The number of nitrogens with one attached hydrogen (secondary N) is 1. The van der Waals surface area contributed by atoms with Crippen LogP contribution in [0.5, 0.6) is 0 Å². The van der Waals surface area contributed by atoms with Crippen molar-refractivity contribution in [1.29, 1.82) is 0 Å². The molecule has 2 heterocycles. The Morgan fingerprint density at radius 3 is 2.52 bits per heavy atom. The van der Waals surface area contributed by atoms with Gasteiger partial charge in [-0.3, -0.25) is 14.2 Å². The third-order valence-corrected chi connectivity index (χ3v) is 6.90. The van der Waals surface area contributed by atoms with E-state index < -0.39 is 11.2 Å². The van der Waals surface area contributed by atoms with E-state index in [1.54, 1.807) is 6.07 Å². The van der Waals surface area contributed by atoms with E-state index in [2.05, 4.69) is 5.32 Å². The van der Waals surface area contributed by atoms with E-state index in [0.717, 1.165) is 21.4 Å². The first kappa shape index (κ1) is 21.6. The summed E-state index contributed by atoms with van der Waals surface area (Å²) in [6, 6.07) is 4.54. The molecule has 0 aliphatic heterocycles. The van der Waals surface area contributed by atoms with Crippen LogP contribution in [0, 0.1) is 13.8 Å². The van der Waals surface area contributed by atoms with Crippen molar-refractivity contribution >= 4 is 50.7 Å². The fraction of sp³-hybridized carbons (Fsp3) is 0.350. The molecule has 1 N–H and O–H groups in total. The summed E-state index contributed by atoms with van der Waals surface area (Å²) in [5.74, 6) is -0.286. The largest absolute Gasteiger partial charge is 0.352 e. The average molecular weight is 454 g/mol. The van der Waals surface area contributed by atoms with Gasteiger partial charge < -0.3 is 5.32 Å². The van der Waals surface area contributed by atoms with Crippen LogP contribution in [0.25, 0.3) is 15.9 Å². The quantitative estimate of drug-likeness (QED) is 0.632. The fourth-order valence-corrected chi connectivity index (χ4v) is 4.45. The Labute approximate surface area is 181 Å². The molecule has 3 aromatic rings. The van der Waals surface area contributed by atoms with Crippen LogP contribution in [0.15, 0.2) is 27.8 Å². The SMILES string of the molecule is CCC(C)NC(=O)Cn1c(=O)n(-c2ccc(Cl)c(Cl)c2)c(=O)c2c(C)c(C)sc21. The van der Waals surface area contributed by atoms with Gasteiger partial charge in [-0.15, -0.1) is 11.3 Å². The molecule has 1 aromatic carbocycles. The van der Waals surface area contributed by atoms with Gasteiger partial charge in [-0.25, -0.2) is 9.36 Å². The molecule has 1 amide bonds. The number of aromatic nitrogens is 2. The van der Waals surface area contributed by atoms with E-state index in [4.69, 9.17) is 23.2 Å². The van der Waals surface area contributed by atoms with Gasteiger partial charge in [0.25, 0.3) is 5.56 Å². The highest BCUT2D eigenvalue weighted by Gasteiger charge is 2.21. The summed E-state index contributed by atoms with van der Waals surface area (Å²) in [5.41, 5.74) is 0.0563. The number of hydrogen-bond donors (Lipinski definition) is 1. The summed E-state index contributed by atoms with van der Waals surface area (Å²) in [7, 11) is 0. The van der Waals surface area contributed by atoms with Crippen molar-refractivity contribution in [2.75, 3.05) is 0 Å². The molecule has 1 atom stereocenters. The van der Waals surface area contributed by atoms with E-state index in [0.29, 0.717) is 20.9 Å². The molecule has 29 heavy (non-hydrogen) atoms. The van der Waals surface area contributed by atoms with Gasteiger partial charge in [0, 0.05) is 10.9 Å². The van der Waals surface area contributed by atoms with E-state index in [1.165, 1.54) is 28.0 Å². The lowest BCUT2D eigenvalue weighted by Crippen LogP contribution is -2.42. The average Bonchev–Trinajstić information content (AvgIpc) is 2.96. The molecule has 0 aliphatic rings. The lowest BCUT2D eigenvalue weighted by atomic mass is 10.2. The molecule has 0 fully saturated rings. The summed E-state index contributed by atoms with van der Waals surface area (Å²) in [5, 5.41) is 3.84. The maximum atomic E-state index is 13.3. The molecule has 0 aliphatic carbocycles. The minimum Gasteiger partial charge on any atom is -0.352 e.